The van der Waals surface area contributed by atoms with Crippen molar-refractivity contribution in [3.05, 3.63) is 48.0 Å². The van der Waals surface area contributed by atoms with E-state index in [0.717, 1.165) is 5.56 Å². The third-order valence-corrected chi connectivity index (χ3v) is 2.09. The average Bonchev–Trinajstić information content (AvgIpc) is 2.78. The highest BCUT2D eigenvalue weighted by Gasteiger charge is 2.10. The van der Waals surface area contributed by atoms with E-state index in [1.807, 2.05) is 30.3 Å². The predicted octanol–water partition coefficient (Wildman–Crippen LogP) is 1.11. The zero-order valence-electron chi connectivity index (χ0n) is 8.83. The fourth-order valence-electron chi connectivity index (χ4n) is 1.33. The van der Waals surface area contributed by atoms with E-state index in [0.29, 0.717) is 6.54 Å². The molecule has 2 rings (SSSR count). The summed E-state index contributed by atoms with van der Waals surface area (Å²) in [5.41, 5.74) is 1.10. The van der Waals surface area contributed by atoms with Gasteiger partial charge in [0.15, 0.2) is 0 Å². The van der Waals surface area contributed by atoms with Crippen LogP contribution in [0.2, 0.25) is 0 Å². The first-order valence-electron chi connectivity index (χ1n) is 4.81. The van der Waals surface area contributed by atoms with Crippen LogP contribution in [0.5, 0.6) is 0 Å². The molecule has 0 atom stereocenters. The molecule has 2 aromatic rings. The molecule has 0 saturated carbocycles. The van der Waals surface area contributed by atoms with Crippen LogP contribution < -0.4 is 0 Å². The predicted molar refractivity (Wildman–Crippen MR) is 56.9 cm³/mol. The van der Waals surface area contributed by atoms with E-state index in [4.69, 9.17) is 0 Å². The Kier molecular flexibility index (Phi) is 2.95. The lowest BCUT2D eigenvalue weighted by atomic mass is 10.2. The first-order valence-corrected chi connectivity index (χ1v) is 4.81. The zero-order chi connectivity index (χ0) is 11.4. The minimum absolute atomic E-state index is 0.0819. The summed E-state index contributed by atoms with van der Waals surface area (Å²) in [4.78, 5) is 15.0. The third kappa shape index (κ3) is 2.25. The van der Waals surface area contributed by atoms with Gasteiger partial charge in [-0.3, -0.25) is 0 Å². The standard InChI is InChI=1S/C11H11N3O2/c1-16-11(15)10-12-8-14(13-10)7-9-5-3-2-4-6-9/h2-6,8H,7H2,1H3. The molecule has 1 aromatic carbocycles. The van der Waals surface area contributed by atoms with Gasteiger partial charge in [0.2, 0.25) is 0 Å². The second kappa shape index (κ2) is 4.57. The van der Waals surface area contributed by atoms with Crippen molar-refractivity contribution < 1.29 is 9.53 Å². The van der Waals surface area contributed by atoms with Crippen molar-refractivity contribution in [3.63, 3.8) is 0 Å². The Labute approximate surface area is 92.7 Å². The minimum Gasteiger partial charge on any atom is -0.463 e. The molecule has 0 saturated heterocycles. The minimum atomic E-state index is -0.521. The molecular formula is C11H11N3O2. The number of esters is 1. The molecule has 0 amide bonds. The molecule has 16 heavy (non-hydrogen) atoms. The molecule has 0 N–H and O–H groups in total. The van der Waals surface area contributed by atoms with Crippen LogP contribution in [0.15, 0.2) is 36.7 Å². The smallest absolute Gasteiger partial charge is 0.377 e. The van der Waals surface area contributed by atoms with E-state index in [-0.39, 0.29) is 5.82 Å². The van der Waals surface area contributed by atoms with E-state index in [2.05, 4.69) is 14.8 Å². The van der Waals surface area contributed by atoms with Gasteiger partial charge in [-0.2, -0.15) is 0 Å². The van der Waals surface area contributed by atoms with Gasteiger partial charge in [-0.05, 0) is 5.56 Å². The Hall–Kier alpha value is -2.17. The Morgan fingerprint density at radius 2 is 2.12 bits per heavy atom. The van der Waals surface area contributed by atoms with Gasteiger partial charge in [-0.25, -0.2) is 14.5 Å². The quantitative estimate of drug-likeness (QED) is 0.723. The molecule has 0 bridgehead atoms. The van der Waals surface area contributed by atoms with E-state index >= 15 is 0 Å². The molecule has 0 spiro atoms. The lowest BCUT2D eigenvalue weighted by Crippen LogP contribution is -2.06. The van der Waals surface area contributed by atoms with Crippen LogP contribution in [0, 0.1) is 0 Å². The highest BCUT2D eigenvalue weighted by molar-refractivity contribution is 5.84. The number of rotatable bonds is 3. The third-order valence-electron chi connectivity index (χ3n) is 2.09. The lowest BCUT2D eigenvalue weighted by Gasteiger charge is -1.99. The number of benzene rings is 1. The first kappa shape index (κ1) is 10.4. The topological polar surface area (TPSA) is 57.0 Å². The van der Waals surface area contributed by atoms with Gasteiger partial charge < -0.3 is 4.74 Å². The summed E-state index contributed by atoms with van der Waals surface area (Å²) in [7, 11) is 1.31. The molecule has 5 heteroatoms. The number of hydrogen-bond donors (Lipinski definition) is 0. The fraction of sp³-hybridized carbons (Fsp3) is 0.182. The highest BCUT2D eigenvalue weighted by atomic mass is 16.5. The largest absolute Gasteiger partial charge is 0.463 e. The summed E-state index contributed by atoms with van der Waals surface area (Å²) in [5.74, 6) is -0.440. The Morgan fingerprint density at radius 1 is 1.38 bits per heavy atom. The second-order valence-corrected chi connectivity index (χ2v) is 3.24. The maximum absolute atomic E-state index is 11.1. The van der Waals surface area contributed by atoms with Gasteiger partial charge in [0.25, 0.3) is 5.82 Å². The molecule has 0 unspecified atom stereocenters. The molecule has 0 fully saturated rings. The lowest BCUT2D eigenvalue weighted by molar-refractivity contribution is 0.0586. The maximum Gasteiger partial charge on any atom is 0.377 e. The van der Waals surface area contributed by atoms with Crippen LogP contribution in [0.3, 0.4) is 0 Å². The van der Waals surface area contributed by atoms with Crippen LogP contribution in [-0.2, 0) is 11.3 Å². The Balaban J connectivity index is 2.12. The molecular weight excluding hydrogens is 206 g/mol. The van der Waals surface area contributed by atoms with Crippen LogP contribution in [0.4, 0.5) is 0 Å². The van der Waals surface area contributed by atoms with Crippen molar-refractivity contribution in [3.8, 4) is 0 Å². The number of aromatic nitrogens is 3. The van der Waals surface area contributed by atoms with Gasteiger partial charge in [-0.15, -0.1) is 5.10 Å². The van der Waals surface area contributed by atoms with Crippen LogP contribution in [0.1, 0.15) is 16.2 Å². The van der Waals surface area contributed by atoms with Crippen molar-refractivity contribution in [1.82, 2.24) is 14.8 Å². The molecule has 82 valence electrons. The van der Waals surface area contributed by atoms with Gasteiger partial charge in [0.1, 0.15) is 6.33 Å². The Morgan fingerprint density at radius 3 is 2.81 bits per heavy atom. The summed E-state index contributed by atoms with van der Waals surface area (Å²) in [6.07, 6.45) is 1.51. The van der Waals surface area contributed by atoms with Gasteiger partial charge in [-0.1, -0.05) is 30.3 Å². The van der Waals surface area contributed by atoms with E-state index in [9.17, 15) is 4.79 Å². The molecule has 5 nitrogen and oxygen atoms in total. The van der Waals surface area contributed by atoms with Crippen LogP contribution in [0.25, 0.3) is 0 Å². The molecule has 0 radical (unpaired) electrons. The maximum atomic E-state index is 11.1. The number of hydrogen-bond acceptors (Lipinski definition) is 4. The van der Waals surface area contributed by atoms with Crippen molar-refractivity contribution in [1.29, 1.82) is 0 Å². The molecule has 0 aliphatic carbocycles. The number of nitrogens with zero attached hydrogens (tertiary/aromatic N) is 3. The van der Waals surface area contributed by atoms with Crippen molar-refractivity contribution in [2.75, 3.05) is 7.11 Å². The normalized spacial score (nSPS) is 10.1. The summed E-state index contributed by atoms with van der Waals surface area (Å²) < 4.78 is 6.12. The zero-order valence-corrected chi connectivity index (χ0v) is 8.83. The molecule has 0 aliphatic heterocycles. The monoisotopic (exact) mass is 217 g/mol. The fourth-order valence-corrected chi connectivity index (χ4v) is 1.33. The average molecular weight is 217 g/mol. The van der Waals surface area contributed by atoms with Gasteiger partial charge in [0.05, 0.1) is 13.7 Å². The first-order chi connectivity index (χ1) is 7.79. The van der Waals surface area contributed by atoms with Crippen LogP contribution >= 0.6 is 0 Å². The summed E-state index contributed by atoms with van der Waals surface area (Å²) in [6.45, 7) is 0.588. The number of ether oxygens (including phenoxy) is 1. The van der Waals surface area contributed by atoms with Crippen molar-refractivity contribution >= 4 is 5.97 Å². The van der Waals surface area contributed by atoms with E-state index in [1.165, 1.54) is 13.4 Å². The Bertz CT molecular complexity index is 479. The van der Waals surface area contributed by atoms with E-state index < -0.39 is 5.97 Å². The number of carbonyl (C=O) groups excluding carboxylic acids is 1. The molecule has 0 aliphatic rings. The van der Waals surface area contributed by atoms with Gasteiger partial charge in [0, 0.05) is 0 Å². The second-order valence-electron chi connectivity index (χ2n) is 3.24. The number of methoxy groups -OCH3 is 1. The number of carbonyl (C=O) groups is 1. The summed E-state index contributed by atoms with van der Waals surface area (Å²) in [6, 6.07) is 9.82. The van der Waals surface area contributed by atoms with Crippen molar-refractivity contribution in [2.45, 2.75) is 6.54 Å². The van der Waals surface area contributed by atoms with Crippen molar-refractivity contribution in [2.24, 2.45) is 0 Å². The SMILES string of the molecule is COC(=O)c1ncn(Cc2ccccc2)n1. The summed E-state index contributed by atoms with van der Waals surface area (Å²) in [5, 5.41) is 4.01. The molecule has 1 heterocycles. The van der Waals surface area contributed by atoms with Gasteiger partial charge >= 0.3 is 5.97 Å². The highest BCUT2D eigenvalue weighted by Crippen LogP contribution is 2.01. The van der Waals surface area contributed by atoms with Crippen LogP contribution in [-0.4, -0.2) is 27.8 Å². The summed E-state index contributed by atoms with van der Waals surface area (Å²) >= 11 is 0. The molecule has 1 aromatic heterocycles. The van der Waals surface area contributed by atoms with E-state index in [1.54, 1.807) is 4.68 Å².